The summed E-state index contributed by atoms with van der Waals surface area (Å²) in [5.41, 5.74) is 2.68. The molecule has 2 rings (SSSR count). The lowest BCUT2D eigenvalue weighted by molar-refractivity contribution is 0.0714. The number of rotatable bonds is 8. The van der Waals surface area contributed by atoms with Crippen LogP contribution >= 0.6 is 0 Å². The third-order valence-corrected chi connectivity index (χ3v) is 4.38. The molecule has 0 spiro atoms. The Kier molecular flexibility index (Phi) is 6.67. The first-order valence-electron chi connectivity index (χ1n) is 8.50. The molecule has 0 saturated carbocycles. The summed E-state index contributed by atoms with van der Waals surface area (Å²) in [6.07, 6.45) is 1.31. The Balaban J connectivity index is 1.74. The summed E-state index contributed by atoms with van der Waals surface area (Å²) in [5, 5.41) is 48.4. The first-order chi connectivity index (χ1) is 11.8. The SMILES string of the molecule is Cc1cc(CCC(O)CC(O)CCc2ccc(O)c(O)c2)ccc1O. The Morgan fingerprint density at radius 1 is 0.720 bits per heavy atom. The van der Waals surface area contributed by atoms with E-state index in [9.17, 15) is 25.5 Å². The zero-order valence-electron chi connectivity index (χ0n) is 14.4. The average molecular weight is 346 g/mol. The number of hydrogen-bond donors (Lipinski definition) is 5. The molecule has 5 N–H and O–H groups in total. The van der Waals surface area contributed by atoms with Crippen LogP contribution in [0.5, 0.6) is 17.2 Å². The molecule has 0 aliphatic rings. The highest BCUT2D eigenvalue weighted by Crippen LogP contribution is 2.26. The highest BCUT2D eigenvalue weighted by molar-refractivity contribution is 5.40. The average Bonchev–Trinajstić information content (AvgIpc) is 2.57. The molecule has 0 aliphatic carbocycles. The van der Waals surface area contributed by atoms with Crippen LogP contribution in [0, 0.1) is 6.92 Å². The Hall–Kier alpha value is -2.24. The number of aromatic hydroxyl groups is 3. The second-order valence-corrected chi connectivity index (χ2v) is 6.56. The predicted molar refractivity (Wildman–Crippen MR) is 95.9 cm³/mol. The topological polar surface area (TPSA) is 101 Å². The first-order valence-corrected chi connectivity index (χ1v) is 8.50. The molecule has 5 nitrogen and oxygen atoms in total. The smallest absolute Gasteiger partial charge is 0.157 e. The van der Waals surface area contributed by atoms with Crippen LogP contribution in [0.2, 0.25) is 0 Å². The van der Waals surface area contributed by atoms with Gasteiger partial charge in [0.15, 0.2) is 11.5 Å². The lowest BCUT2D eigenvalue weighted by Crippen LogP contribution is -2.19. The fourth-order valence-electron chi connectivity index (χ4n) is 2.81. The summed E-state index contributed by atoms with van der Waals surface area (Å²) in [4.78, 5) is 0. The van der Waals surface area contributed by atoms with E-state index >= 15 is 0 Å². The van der Waals surface area contributed by atoms with Crippen molar-refractivity contribution in [2.75, 3.05) is 0 Å². The minimum atomic E-state index is -0.632. The maximum Gasteiger partial charge on any atom is 0.157 e. The van der Waals surface area contributed by atoms with Gasteiger partial charge in [0.25, 0.3) is 0 Å². The number of hydrogen-bond acceptors (Lipinski definition) is 5. The van der Waals surface area contributed by atoms with Crippen LogP contribution in [0.3, 0.4) is 0 Å². The highest BCUT2D eigenvalue weighted by atomic mass is 16.3. The number of aliphatic hydroxyl groups is 2. The number of phenols is 3. The normalized spacial score (nSPS) is 13.6. The minimum absolute atomic E-state index is 0.163. The summed E-state index contributed by atoms with van der Waals surface area (Å²) >= 11 is 0. The number of aryl methyl sites for hydroxylation is 3. The highest BCUT2D eigenvalue weighted by Gasteiger charge is 2.13. The van der Waals surface area contributed by atoms with E-state index in [4.69, 9.17) is 0 Å². The predicted octanol–water partition coefficient (Wildman–Crippen LogP) is 2.79. The molecular formula is C20H26O5. The van der Waals surface area contributed by atoms with Gasteiger partial charge in [0.05, 0.1) is 12.2 Å². The van der Waals surface area contributed by atoms with Crippen molar-refractivity contribution in [2.45, 2.75) is 51.2 Å². The van der Waals surface area contributed by atoms with Crippen molar-refractivity contribution >= 4 is 0 Å². The molecule has 0 fully saturated rings. The summed E-state index contributed by atoms with van der Waals surface area (Å²) in [6, 6.07) is 9.99. The molecule has 25 heavy (non-hydrogen) atoms. The van der Waals surface area contributed by atoms with Crippen LogP contribution in [0.1, 0.15) is 36.0 Å². The maximum atomic E-state index is 10.1. The van der Waals surface area contributed by atoms with Crippen LogP contribution in [0.4, 0.5) is 0 Å². The van der Waals surface area contributed by atoms with Crippen molar-refractivity contribution in [1.82, 2.24) is 0 Å². The molecule has 2 unspecified atom stereocenters. The van der Waals surface area contributed by atoms with Crippen LogP contribution in [0.15, 0.2) is 36.4 Å². The Morgan fingerprint density at radius 2 is 1.24 bits per heavy atom. The molecule has 136 valence electrons. The van der Waals surface area contributed by atoms with Crippen molar-refractivity contribution in [3.8, 4) is 17.2 Å². The van der Waals surface area contributed by atoms with E-state index in [1.165, 1.54) is 12.1 Å². The van der Waals surface area contributed by atoms with Crippen molar-refractivity contribution in [1.29, 1.82) is 0 Å². The standard InChI is InChI=1S/C20H26O5/c1-13-10-14(4-8-18(13)23)2-6-16(21)12-17(22)7-3-15-5-9-19(24)20(25)11-15/h4-5,8-11,16-17,21-25H,2-3,6-7,12H2,1H3. The van der Waals surface area contributed by atoms with Gasteiger partial charge in [-0.05, 0) is 73.9 Å². The Bertz CT molecular complexity index is 639. The monoisotopic (exact) mass is 346 g/mol. The minimum Gasteiger partial charge on any atom is -0.508 e. The van der Waals surface area contributed by atoms with Crippen LogP contribution in [-0.2, 0) is 12.8 Å². The van der Waals surface area contributed by atoms with Gasteiger partial charge in [0, 0.05) is 0 Å². The zero-order chi connectivity index (χ0) is 18.4. The summed E-state index contributed by atoms with van der Waals surface area (Å²) in [7, 11) is 0. The molecule has 0 heterocycles. The first kappa shape index (κ1) is 19.1. The number of phenolic OH excluding ortho intramolecular Hbond substituents is 3. The molecule has 5 heteroatoms. The lowest BCUT2D eigenvalue weighted by Gasteiger charge is -2.16. The summed E-state index contributed by atoms with van der Waals surface area (Å²) in [6.45, 7) is 1.83. The summed E-state index contributed by atoms with van der Waals surface area (Å²) in [5.74, 6) is -0.0691. The second-order valence-electron chi connectivity index (χ2n) is 6.56. The largest absolute Gasteiger partial charge is 0.508 e. The van der Waals surface area contributed by atoms with Gasteiger partial charge in [-0.3, -0.25) is 0 Å². The molecule has 2 aromatic rings. The van der Waals surface area contributed by atoms with E-state index in [1.54, 1.807) is 12.1 Å². The Morgan fingerprint density at radius 3 is 1.76 bits per heavy atom. The molecule has 2 aromatic carbocycles. The van der Waals surface area contributed by atoms with Crippen LogP contribution in [-0.4, -0.2) is 37.7 Å². The van der Waals surface area contributed by atoms with Crippen molar-refractivity contribution in [2.24, 2.45) is 0 Å². The van der Waals surface area contributed by atoms with Crippen LogP contribution in [0.25, 0.3) is 0 Å². The molecule has 0 amide bonds. The molecular weight excluding hydrogens is 320 g/mol. The van der Waals surface area contributed by atoms with Crippen molar-refractivity contribution in [3.63, 3.8) is 0 Å². The summed E-state index contributed by atoms with van der Waals surface area (Å²) < 4.78 is 0. The zero-order valence-corrected chi connectivity index (χ0v) is 14.4. The van der Waals surface area contributed by atoms with E-state index in [1.807, 2.05) is 19.1 Å². The van der Waals surface area contributed by atoms with Gasteiger partial charge < -0.3 is 25.5 Å². The van der Waals surface area contributed by atoms with Gasteiger partial charge in [-0.2, -0.15) is 0 Å². The Labute approximate surface area is 147 Å². The third kappa shape index (κ3) is 5.96. The van der Waals surface area contributed by atoms with Gasteiger partial charge in [0.1, 0.15) is 5.75 Å². The van der Waals surface area contributed by atoms with Gasteiger partial charge in [-0.15, -0.1) is 0 Å². The number of benzene rings is 2. The van der Waals surface area contributed by atoms with E-state index in [2.05, 4.69) is 0 Å². The molecule has 0 aliphatic heterocycles. The van der Waals surface area contributed by atoms with Gasteiger partial charge in [0.2, 0.25) is 0 Å². The van der Waals surface area contributed by atoms with Crippen molar-refractivity contribution < 1.29 is 25.5 Å². The molecule has 0 aromatic heterocycles. The van der Waals surface area contributed by atoms with E-state index in [0.717, 1.165) is 16.7 Å². The molecule has 0 radical (unpaired) electrons. The molecule has 0 bridgehead atoms. The van der Waals surface area contributed by atoms with E-state index in [-0.39, 0.29) is 17.2 Å². The van der Waals surface area contributed by atoms with Crippen molar-refractivity contribution in [3.05, 3.63) is 53.1 Å². The fraction of sp³-hybridized carbons (Fsp3) is 0.400. The number of aliphatic hydroxyl groups excluding tert-OH is 2. The van der Waals surface area contributed by atoms with Gasteiger partial charge >= 0.3 is 0 Å². The van der Waals surface area contributed by atoms with Gasteiger partial charge in [-0.1, -0.05) is 18.2 Å². The van der Waals surface area contributed by atoms with Gasteiger partial charge in [-0.25, -0.2) is 0 Å². The van der Waals surface area contributed by atoms with Crippen LogP contribution < -0.4 is 0 Å². The van der Waals surface area contributed by atoms with E-state index in [0.29, 0.717) is 32.1 Å². The second kappa shape index (κ2) is 8.74. The molecule has 2 atom stereocenters. The van der Waals surface area contributed by atoms with E-state index < -0.39 is 12.2 Å². The maximum absolute atomic E-state index is 10.1. The quantitative estimate of drug-likeness (QED) is 0.473. The molecule has 0 saturated heterocycles. The lowest BCUT2D eigenvalue weighted by atomic mass is 9.98. The fourth-order valence-corrected chi connectivity index (χ4v) is 2.81. The third-order valence-electron chi connectivity index (χ3n) is 4.38.